The van der Waals surface area contributed by atoms with Gasteiger partial charge in [-0.2, -0.15) is 0 Å². The fourth-order valence-electron chi connectivity index (χ4n) is 2.50. The van der Waals surface area contributed by atoms with E-state index in [0.29, 0.717) is 0 Å². The summed E-state index contributed by atoms with van der Waals surface area (Å²) >= 11 is 7.80. The average molecular weight is 296 g/mol. The van der Waals surface area contributed by atoms with E-state index in [1.165, 1.54) is 32.4 Å². The maximum absolute atomic E-state index is 6.16. The highest BCUT2D eigenvalue weighted by Gasteiger charge is 2.10. The fraction of sp³-hybridized carbons (Fsp3) is 0.500. The Kier molecular flexibility index (Phi) is 4.21. The summed E-state index contributed by atoms with van der Waals surface area (Å²) in [5.41, 5.74) is 0.984. The summed E-state index contributed by atoms with van der Waals surface area (Å²) in [5.74, 6) is 0. The number of piperidine rings is 1. The van der Waals surface area contributed by atoms with E-state index < -0.39 is 0 Å². The van der Waals surface area contributed by atoms with Crippen molar-refractivity contribution in [3.63, 3.8) is 0 Å². The van der Waals surface area contributed by atoms with Gasteiger partial charge in [0.15, 0.2) is 5.13 Å². The maximum atomic E-state index is 6.16. The Morgan fingerprint density at radius 2 is 2.11 bits per heavy atom. The number of fused-ring (bicyclic) bond motifs is 1. The third-order valence-electron chi connectivity index (χ3n) is 3.52. The quantitative estimate of drug-likeness (QED) is 0.929. The second-order valence-electron chi connectivity index (χ2n) is 4.94. The molecule has 2 aromatic rings. The van der Waals surface area contributed by atoms with Crippen LogP contribution < -0.4 is 5.32 Å². The van der Waals surface area contributed by atoms with Crippen molar-refractivity contribution >= 4 is 38.3 Å². The van der Waals surface area contributed by atoms with Crippen molar-refractivity contribution < 1.29 is 0 Å². The van der Waals surface area contributed by atoms with Gasteiger partial charge in [0.2, 0.25) is 0 Å². The van der Waals surface area contributed by atoms with Crippen LogP contribution in [0.2, 0.25) is 5.02 Å². The monoisotopic (exact) mass is 295 g/mol. The molecule has 3 rings (SSSR count). The molecule has 0 unspecified atom stereocenters. The van der Waals surface area contributed by atoms with Gasteiger partial charge in [0.05, 0.1) is 15.2 Å². The molecule has 1 aromatic carbocycles. The first-order valence-corrected chi connectivity index (χ1v) is 8.04. The summed E-state index contributed by atoms with van der Waals surface area (Å²) < 4.78 is 1.07. The summed E-state index contributed by atoms with van der Waals surface area (Å²) in [6, 6.07) is 5.87. The smallest absolute Gasteiger partial charge is 0.183 e. The highest BCUT2D eigenvalue weighted by atomic mass is 35.5. The molecule has 0 radical (unpaired) electrons. The second-order valence-corrected chi connectivity index (χ2v) is 6.34. The van der Waals surface area contributed by atoms with E-state index >= 15 is 0 Å². The molecule has 102 valence electrons. The van der Waals surface area contributed by atoms with Crippen molar-refractivity contribution in [3.05, 3.63) is 23.2 Å². The number of hydrogen-bond donors (Lipinski definition) is 1. The Morgan fingerprint density at radius 3 is 2.89 bits per heavy atom. The van der Waals surface area contributed by atoms with Gasteiger partial charge in [0.1, 0.15) is 0 Å². The number of rotatable bonds is 4. The van der Waals surface area contributed by atoms with E-state index in [1.54, 1.807) is 11.3 Å². The van der Waals surface area contributed by atoms with E-state index in [-0.39, 0.29) is 0 Å². The zero-order valence-corrected chi connectivity index (χ0v) is 12.4. The molecule has 1 aliphatic rings. The molecule has 5 heteroatoms. The highest BCUT2D eigenvalue weighted by Crippen LogP contribution is 2.31. The largest absolute Gasteiger partial charge is 0.360 e. The SMILES string of the molecule is Clc1cccc2nc(NCCN3CCCCC3)sc12. The van der Waals surface area contributed by atoms with Crippen LogP contribution in [0.3, 0.4) is 0 Å². The zero-order valence-electron chi connectivity index (χ0n) is 10.9. The van der Waals surface area contributed by atoms with Crippen LogP contribution in [0.25, 0.3) is 10.2 Å². The summed E-state index contributed by atoms with van der Waals surface area (Å²) in [7, 11) is 0. The summed E-state index contributed by atoms with van der Waals surface area (Å²) in [6.45, 7) is 4.54. The first-order chi connectivity index (χ1) is 9.33. The van der Waals surface area contributed by atoms with E-state index in [1.807, 2.05) is 18.2 Å². The van der Waals surface area contributed by atoms with Crippen LogP contribution >= 0.6 is 22.9 Å². The highest BCUT2D eigenvalue weighted by molar-refractivity contribution is 7.22. The number of halogens is 1. The molecule has 2 heterocycles. The summed E-state index contributed by atoms with van der Waals surface area (Å²) in [4.78, 5) is 7.09. The molecular formula is C14H18ClN3S. The molecule has 3 nitrogen and oxygen atoms in total. The maximum Gasteiger partial charge on any atom is 0.183 e. The number of thiazole rings is 1. The minimum absolute atomic E-state index is 0.791. The van der Waals surface area contributed by atoms with Gasteiger partial charge >= 0.3 is 0 Å². The number of aromatic nitrogens is 1. The van der Waals surface area contributed by atoms with E-state index in [0.717, 1.165) is 33.5 Å². The van der Waals surface area contributed by atoms with E-state index in [4.69, 9.17) is 11.6 Å². The second kappa shape index (κ2) is 6.07. The van der Waals surface area contributed by atoms with Crippen LogP contribution in [-0.4, -0.2) is 36.1 Å². The fourth-order valence-corrected chi connectivity index (χ4v) is 3.68. The Balaban J connectivity index is 1.57. The van der Waals surface area contributed by atoms with Crippen molar-refractivity contribution in [2.75, 3.05) is 31.5 Å². The predicted octanol–water partition coefficient (Wildman–Crippen LogP) is 3.85. The van der Waals surface area contributed by atoms with E-state index in [2.05, 4.69) is 15.2 Å². The predicted molar refractivity (Wildman–Crippen MR) is 83.4 cm³/mol. The van der Waals surface area contributed by atoms with Crippen molar-refractivity contribution in [3.8, 4) is 0 Å². The van der Waals surface area contributed by atoms with Gasteiger partial charge in [-0.05, 0) is 38.1 Å². The molecule has 0 bridgehead atoms. The summed E-state index contributed by atoms with van der Waals surface area (Å²) in [6.07, 6.45) is 4.08. The number of hydrogen-bond acceptors (Lipinski definition) is 4. The number of nitrogens with one attached hydrogen (secondary N) is 1. The van der Waals surface area contributed by atoms with Gasteiger partial charge in [-0.25, -0.2) is 4.98 Å². The van der Waals surface area contributed by atoms with Crippen LogP contribution in [0.1, 0.15) is 19.3 Å². The first kappa shape index (κ1) is 13.2. The third-order valence-corrected chi connectivity index (χ3v) is 5.01. The van der Waals surface area contributed by atoms with Crippen molar-refractivity contribution in [2.45, 2.75) is 19.3 Å². The zero-order chi connectivity index (χ0) is 13.1. The molecule has 1 N–H and O–H groups in total. The lowest BCUT2D eigenvalue weighted by atomic mass is 10.1. The lowest BCUT2D eigenvalue weighted by molar-refractivity contribution is 0.237. The molecule has 19 heavy (non-hydrogen) atoms. The van der Waals surface area contributed by atoms with Gasteiger partial charge in [0.25, 0.3) is 0 Å². The van der Waals surface area contributed by atoms with Gasteiger partial charge in [-0.3, -0.25) is 0 Å². The topological polar surface area (TPSA) is 28.2 Å². The number of nitrogens with zero attached hydrogens (tertiary/aromatic N) is 2. The minimum atomic E-state index is 0.791. The van der Waals surface area contributed by atoms with E-state index in [9.17, 15) is 0 Å². The van der Waals surface area contributed by atoms with Crippen molar-refractivity contribution in [1.82, 2.24) is 9.88 Å². The standard InChI is InChI=1S/C14H18ClN3S/c15-11-5-4-6-12-13(11)19-14(17-12)16-7-10-18-8-2-1-3-9-18/h4-6H,1-3,7-10H2,(H,16,17). The lowest BCUT2D eigenvalue weighted by Gasteiger charge is -2.26. The van der Waals surface area contributed by atoms with Gasteiger partial charge in [-0.1, -0.05) is 35.4 Å². The molecule has 1 aliphatic heterocycles. The van der Waals surface area contributed by atoms with Crippen LogP contribution in [-0.2, 0) is 0 Å². The molecule has 1 saturated heterocycles. The molecule has 0 aliphatic carbocycles. The Bertz CT molecular complexity index is 549. The Morgan fingerprint density at radius 1 is 1.26 bits per heavy atom. The van der Waals surface area contributed by atoms with Gasteiger partial charge in [-0.15, -0.1) is 0 Å². The van der Waals surface area contributed by atoms with Gasteiger partial charge in [0, 0.05) is 13.1 Å². The van der Waals surface area contributed by atoms with Crippen LogP contribution in [0.5, 0.6) is 0 Å². The number of anilines is 1. The molecule has 1 aromatic heterocycles. The van der Waals surface area contributed by atoms with Crippen LogP contribution in [0, 0.1) is 0 Å². The molecule has 0 saturated carbocycles. The normalized spacial score (nSPS) is 16.9. The van der Waals surface area contributed by atoms with Crippen LogP contribution in [0.15, 0.2) is 18.2 Å². The number of likely N-dealkylation sites (tertiary alicyclic amines) is 1. The molecule has 0 amide bonds. The minimum Gasteiger partial charge on any atom is -0.360 e. The average Bonchev–Trinajstić information content (AvgIpc) is 2.84. The Labute approximate surface area is 122 Å². The Hall–Kier alpha value is -0.840. The molecule has 0 atom stereocenters. The summed E-state index contributed by atoms with van der Waals surface area (Å²) in [5, 5.41) is 5.18. The van der Waals surface area contributed by atoms with Crippen molar-refractivity contribution in [2.24, 2.45) is 0 Å². The van der Waals surface area contributed by atoms with Gasteiger partial charge < -0.3 is 10.2 Å². The molecule has 1 fully saturated rings. The molecule has 0 spiro atoms. The third kappa shape index (κ3) is 3.19. The lowest BCUT2D eigenvalue weighted by Crippen LogP contribution is -2.33. The van der Waals surface area contributed by atoms with Crippen LogP contribution in [0.4, 0.5) is 5.13 Å². The van der Waals surface area contributed by atoms with Crippen molar-refractivity contribution in [1.29, 1.82) is 0 Å². The number of benzene rings is 1. The first-order valence-electron chi connectivity index (χ1n) is 6.84. The molecular weight excluding hydrogens is 278 g/mol.